The first-order chi connectivity index (χ1) is 15.5. The molecular formula is C23H29N5O4. The smallest absolute Gasteiger partial charge is 0.411 e. The summed E-state index contributed by atoms with van der Waals surface area (Å²) in [6, 6.07) is 5.50. The number of benzene rings is 1. The number of aromatic nitrogens is 2. The number of rotatable bonds is 5. The van der Waals surface area contributed by atoms with Gasteiger partial charge < -0.3 is 14.7 Å². The zero-order chi connectivity index (χ0) is 22.2. The number of amides is 2. The van der Waals surface area contributed by atoms with Crippen molar-refractivity contribution < 1.29 is 19.4 Å². The Hall–Kier alpha value is -2.91. The van der Waals surface area contributed by atoms with E-state index in [1.165, 1.54) is 4.90 Å². The van der Waals surface area contributed by atoms with E-state index in [-0.39, 0.29) is 24.4 Å². The van der Waals surface area contributed by atoms with Crippen LogP contribution < -0.4 is 9.80 Å². The van der Waals surface area contributed by atoms with E-state index < -0.39 is 6.09 Å². The van der Waals surface area contributed by atoms with Crippen molar-refractivity contribution in [2.45, 2.75) is 32.4 Å². The van der Waals surface area contributed by atoms with Gasteiger partial charge in [-0.1, -0.05) is 6.07 Å². The third-order valence-corrected chi connectivity index (χ3v) is 6.52. The summed E-state index contributed by atoms with van der Waals surface area (Å²) in [7, 11) is 0. The molecule has 2 fully saturated rings. The molecule has 9 nitrogen and oxygen atoms in total. The summed E-state index contributed by atoms with van der Waals surface area (Å²) in [6.45, 7) is 7.31. The average Bonchev–Trinajstić information content (AvgIpc) is 3.55. The lowest BCUT2D eigenvalue weighted by atomic mass is 10.0. The summed E-state index contributed by atoms with van der Waals surface area (Å²) in [5.74, 6) is 0.179. The quantitative estimate of drug-likeness (QED) is 0.770. The van der Waals surface area contributed by atoms with Crippen LogP contribution in [0.5, 0.6) is 0 Å². The summed E-state index contributed by atoms with van der Waals surface area (Å²) < 4.78 is 7.32. The minimum Gasteiger partial charge on any atom is -0.465 e. The van der Waals surface area contributed by atoms with Gasteiger partial charge >= 0.3 is 6.09 Å². The number of hydrogen-bond donors (Lipinski definition) is 1. The van der Waals surface area contributed by atoms with E-state index in [1.54, 1.807) is 4.90 Å². The first-order valence-corrected chi connectivity index (χ1v) is 11.3. The largest absolute Gasteiger partial charge is 0.465 e. The Morgan fingerprint density at radius 1 is 1.12 bits per heavy atom. The van der Waals surface area contributed by atoms with Crippen LogP contribution in [0.2, 0.25) is 0 Å². The molecule has 0 spiro atoms. The van der Waals surface area contributed by atoms with Gasteiger partial charge in [0.25, 0.3) is 0 Å². The number of hydrogen-bond acceptors (Lipinski definition) is 5. The maximum absolute atomic E-state index is 12.9. The minimum atomic E-state index is -1.00. The second kappa shape index (κ2) is 8.55. The third-order valence-electron chi connectivity index (χ3n) is 6.52. The van der Waals surface area contributed by atoms with E-state index in [0.29, 0.717) is 11.4 Å². The van der Waals surface area contributed by atoms with Gasteiger partial charge in [-0.3, -0.25) is 19.3 Å². The molecule has 1 aliphatic carbocycles. The first kappa shape index (κ1) is 21.0. The molecule has 3 aliphatic rings. The van der Waals surface area contributed by atoms with Crippen molar-refractivity contribution >= 4 is 23.4 Å². The lowest BCUT2D eigenvalue weighted by Crippen LogP contribution is -2.52. The SMILES string of the molecule is C[C@H]1CN(C(=O)O)c2cc(-c3cnn(CCN4CCOCC4)c3)ccc2N1C(=O)C1CC1. The monoisotopic (exact) mass is 439 g/mol. The number of carbonyl (C=O) groups excluding carboxylic acids is 1. The fourth-order valence-electron chi connectivity index (χ4n) is 4.55. The molecule has 2 aliphatic heterocycles. The van der Waals surface area contributed by atoms with Crippen molar-refractivity contribution in [3.63, 3.8) is 0 Å². The number of fused-ring (bicyclic) bond motifs is 1. The summed E-state index contributed by atoms with van der Waals surface area (Å²) in [5.41, 5.74) is 3.05. The number of morpholine rings is 1. The highest BCUT2D eigenvalue weighted by atomic mass is 16.5. The van der Waals surface area contributed by atoms with Crippen molar-refractivity contribution in [3.05, 3.63) is 30.6 Å². The Balaban J connectivity index is 1.39. The van der Waals surface area contributed by atoms with E-state index in [9.17, 15) is 14.7 Å². The van der Waals surface area contributed by atoms with E-state index in [0.717, 1.165) is 63.4 Å². The van der Waals surface area contributed by atoms with Crippen LogP contribution in [0, 0.1) is 5.92 Å². The predicted molar refractivity (Wildman–Crippen MR) is 120 cm³/mol. The highest BCUT2D eigenvalue weighted by Gasteiger charge is 2.41. The van der Waals surface area contributed by atoms with Crippen LogP contribution >= 0.6 is 0 Å². The van der Waals surface area contributed by atoms with Gasteiger partial charge in [0, 0.05) is 43.9 Å². The molecule has 1 saturated heterocycles. The molecule has 1 N–H and O–H groups in total. The van der Waals surface area contributed by atoms with E-state index in [2.05, 4.69) is 10.00 Å². The molecule has 9 heteroatoms. The summed E-state index contributed by atoms with van der Waals surface area (Å²) in [4.78, 5) is 30.4. The molecule has 1 aromatic heterocycles. The molecule has 170 valence electrons. The number of nitrogens with zero attached hydrogens (tertiary/aromatic N) is 5. The molecule has 0 unspecified atom stereocenters. The predicted octanol–water partition coefficient (Wildman–Crippen LogP) is 2.51. The minimum absolute atomic E-state index is 0.0750. The van der Waals surface area contributed by atoms with Crippen LogP contribution in [0.25, 0.3) is 11.1 Å². The molecule has 5 rings (SSSR count). The van der Waals surface area contributed by atoms with Crippen molar-refractivity contribution in [3.8, 4) is 11.1 Å². The van der Waals surface area contributed by atoms with Gasteiger partial charge in [0.15, 0.2) is 0 Å². The van der Waals surface area contributed by atoms with Crippen LogP contribution in [0.3, 0.4) is 0 Å². The van der Waals surface area contributed by atoms with E-state index in [4.69, 9.17) is 4.74 Å². The molecule has 0 bridgehead atoms. The Morgan fingerprint density at radius 2 is 1.91 bits per heavy atom. The average molecular weight is 440 g/mol. The standard InChI is InChI=1S/C23H29N5O4/c1-16-14-27(23(30)31)21-12-18(4-5-20(21)28(16)22(29)17-2-3-17)19-13-24-26(15-19)7-6-25-8-10-32-11-9-25/h4-5,12-13,15-17H,2-3,6-11,14H2,1H3,(H,30,31)/t16-/m0/s1. The molecule has 1 saturated carbocycles. The zero-order valence-electron chi connectivity index (χ0n) is 18.3. The van der Waals surface area contributed by atoms with Crippen molar-refractivity contribution in [1.82, 2.24) is 14.7 Å². The molecule has 32 heavy (non-hydrogen) atoms. The topological polar surface area (TPSA) is 91.1 Å². The van der Waals surface area contributed by atoms with Crippen LogP contribution in [-0.4, -0.2) is 77.2 Å². The second-order valence-electron chi connectivity index (χ2n) is 8.87. The van der Waals surface area contributed by atoms with Crippen LogP contribution in [0.4, 0.5) is 16.2 Å². The van der Waals surface area contributed by atoms with Crippen LogP contribution in [0.1, 0.15) is 19.8 Å². The summed E-state index contributed by atoms with van der Waals surface area (Å²) in [6.07, 6.45) is 4.63. The van der Waals surface area contributed by atoms with Gasteiger partial charge in [-0.2, -0.15) is 5.10 Å². The van der Waals surface area contributed by atoms with Gasteiger partial charge in [-0.05, 0) is 37.5 Å². The number of ether oxygens (including phenoxy) is 1. The molecule has 1 aromatic carbocycles. The number of anilines is 2. The lowest BCUT2D eigenvalue weighted by Gasteiger charge is -2.40. The Kier molecular flexibility index (Phi) is 5.60. The third kappa shape index (κ3) is 4.10. The highest BCUT2D eigenvalue weighted by Crippen LogP contribution is 2.42. The van der Waals surface area contributed by atoms with E-state index >= 15 is 0 Å². The molecule has 2 aromatic rings. The maximum atomic E-state index is 12.9. The number of carboxylic acid groups (broad SMARTS) is 1. The Morgan fingerprint density at radius 3 is 2.62 bits per heavy atom. The van der Waals surface area contributed by atoms with Gasteiger partial charge in [-0.15, -0.1) is 0 Å². The van der Waals surface area contributed by atoms with Gasteiger partial charge in [0.2, 0.25) is 5.91 Å². The molecular weight excluding hydrogens is 410 g/mol. The van der Waals surface area contributed by atoms with Crippen LogP contribution in [-0.2, 0) is 16.1 Å². The fraction of sp³-hybridized carbons (Fsp3) is 0.522. The molecule has 2 amide bonds. The van der Waals surface area contributed by atoms with Crippen molar-refractivity contribution in [2.24, 2.45) is 5.92 Å². The highest BCUT2D eigenvalue weighted by molar-refractivity contribution is 6.04. The molecule has 3 heterocycles. The molecule has 1 atom stereocenters. The fourth-order valence-corrected chi connectivity index (χ4v) is 4.55. The van der Waals surface area contributed by atoms with Crippen molar-refractivity contribution in [1.29, 1.82) is 0 Å². The zero-order valence-corrected chi connectivity index (χ0v) is 18.3. The van der Waals surface area contributed by atoms with Gasteiger partial charge in [0.1, 0.15) is 0 Å². The summed E-state index contributed by atoms with van der Waals surface area (Å²) in [5, 5.41) is 14.3. The van der Waals surface area contributed by atoms with Gasteiger partial charge in [-0.25, -0.2) is 4.79 Å². The number of carbonyl (C=O) groups is 2. The first-order valence-electron chi connectivity index (χ1n) is 11.3. The normalized spacial score (nSPS) is 21.5. The second-order valence-corrected chi connectivity index (χ2v) is 8.87. The molecule has 0 radical (unpaired) electrons. The van der Waals surface area contributed by atoms with Crippen molar-refractivity contribution in [2.75, 3.05) is 49.2 Å². The lowest BCUT2D eigenvalue weighted by molar-refractivity contribution is -0.120. The Bertz CT molecular complexity index is 1010. The van der Waals surface area contributed by atoms with Crippen LogP contribution in [0.15, 0.2) is 30.6 Å². The Labute approximate surface area is 187 Å². The maximum Gasteiger partial charge on any atom is 0.411 e. The van der Waals surface area contributed by atoms with E-state index in [1.807, 2.05) is 42.2 Å². The van der Waals surface area contributed by atoms with Gasteiger partial charge in [0.05, 0.1) is 43.4 Å². The summed E-state index contributed by atoms with van der Waals surface area (Å²) >= 11 is 0.